The highest BCUT2D eigenvalue weighted by atomic mass is 16.5. The minimum absolute atomic E-state index is 0.249. The van der Waals surface area contributed by atoms with Crippen LogP contribution in [0.3, 0.4) is 0 Å². The molecule has 0 bridgehead atoms. The van der Waals surface area contributed by atoms with Gasteiger partial charge >= 0.3 is 0 Å². The molecule has 122 valence electrons. The molecule has 0 spiro atoms. The molecule has 0 saturated carbocycles. The number of hydrogen-bond donors (Lipinski definition) is 1. The van der Waals surface area contributed by atoms with Gasteiger partial charge in [-0.05, 0) is 18.2 Å². The Bertz CT molecular complexity index is 651. The Morgan fingerprint density at radius 1 is 1.17 bits per heavy atom. The van der Waals surface area contributed by atoms with Crippen molar-refractivity contribution in [1.82, 2.24) is 5.32 Å². The van der Waals surface area contributed by atoms with E-state index in [0.717, 1.165) is 5.56 Å². The first kappa shape index (κ1) is 16.5. The minimum Gasteiger partial charge on any atom is -0.496 e. The van der Waals surface area contributed by atoms with Gasteiger partial charge < -0.3 is 23.9 Å². The van der Waals surface area contributed by atoms with Crippen molar-refractivity contribution in [3.8, 4) is 17.2 Å². The summed E-state index contributed by atoms with van der Waals surface area (Å²) in [4.78, 5) is 11.9. The van der Waals surface area contributed by atoms with Crippen LogP contribution in [0.5, 0.6) is 17.2 Å². The van der Waals surface area contributed by atoms with E-state index in [9.17, 15) is 4.79 Å². The summed E-state index contributed by atoms with van der Waals surface area (Å²) in [6.07, 6.45) is 4.55. The number of carbonyl (C=O) groups excluding carboxylic acids is 1. The number of ether oxygens (including phenoxy) is 3. The summed E-state index contributed by atoms with van der Waals surface area (Å²) < 4.78 is 21.0. The zero-order chi connectivity index (χ0) is 16.7. The van der Waals surface area contributed by atoms with Gasteiger partial charge in [-0.2, -0.15) is 0 Å². The van der Waals surface area contributed by atoms with Crippen molar-refractivity contribution >= 4 is 12.0 Å². The summed E-state index contributed by atoms with van der Waals surface area (Å²) in [5.74, 6) is 2.14. The number of furan rings is 1. The molecule has 0 atom stereocenters. The van der Waals surface area contributed by atoms with E-state index in [1.165, 1.54) is 6.08 Å². The van der Waals surface area contributed by atoms with Crippen LogP contribution in [0.1, 0.15) is 11.3 Å². The summed E-state index contributed by atoms with van der Waals surface area (Å²) in [7, 11) is 4.67. The maximum Gasteiger partial charge on any atom is 0.244 e. The van der Waals surface area contributed by atoms with Crippen molar-refractivity contribution in [2.75, 3.05) is 21.3 Å². The molecule has 1 aromatic heterocycles. The largest absolute Gasteiger partial charge is 0.496 e. The molecule has 2 aromatic rings. The van der Waals surface area contributed by atoms with Gasteiger partial charge in [0.1, 0.15) is 23.0 Å². The normalized spacial score (nSPS) is 10.6. The molecule has 0 fully saturated rings. The van der Waals surface area contributed by atoms with Gasteiger partial charge in [-0.25, -0.2) is 0 Å². The molecular weight excluding hydrogens is 298 g/mol. The Kier molecular flexibility index (Phi) is 5.68. The molecule has 1 aromatic carbocycles. The lowest BCUT2D eigenvalue weighted by Gasteiger charge is -2.15. The smallest absolute Gasteiger partial charge is 0.244 e. The number of nitrogens with one attached hydrogen (secondary N) is 1. The summed E-state index contributed by atoms with van der Waals surface area (Å²) in [6, 6.07) is 7.00. The van der Waals surface area contributed by atoms with E-state index in [1.807, 2.05) is 0 Å². The maximum atomic E-state index is 11.9. The van der Waals surface area contributed by atoms with Crippen molar-refractivity contribution < 1.29 is 23.4 Å². The van der Waals surface area contributed by atoms with Crippen LogP contribution in [0.25, 0.3) is 6.08 Å². The van der Waals surface area contributed by atoms with Crippen molar-refractivity contribution in [2.45, 2.75) is 6.54 Å². The van der Waals surface area contributed by atoms with Crippen LogP contribution in [0.15, 0.2) is 41.0 Å². The van der Waals surface area contributed by atoms with Crippen LogP contribution < -0.4 is 19.5 Å². The Morgan fingerprint density at radius 3 is 2.39 bits per heavy atom. The van der Waals surface area contributed by atoms with Crippen LogP contribution in [0.2, 0.25) is 0 Å². The highest BCUT2D eigenvalue weighted by molar-refractivity contribution is 5.91. The number of benzene rings is 1. The second kappa shape index (κ2) is 7.93. The third kappa shape index (κ3) is 4.29. The molecule has 1 N–H and O–H groups in total. The van der Waals surface area contributed by atoms with Gasteiger partial charge in [-0.15, -0.1) is 0 Å². The van der Waals surface area contributed by atoms with E-state index in [1.54, 1.807) is 57.9 Å². The lowest BCUT2D eigenvalue weighted by atomic mass is 10.1. The standard InChI is InChI=1S/C17H19NO5/c1-20-13-9-15(21-2)14(16(10-13)22-3)11-18-17(19)7-6-12-5-4-8-23-12/h4-10H,11H2,1-3H3,(H,18,19)/b7-6+. The Morgan fingerprint density at radius 2 is 1.87 bits per heavy atom. The van der Waals surface area contributed by atoms with Gasteiger partial charge in [0.25, 0.3) is 0 Å². The van der Waals surface area contributed by atoms with Crippen LogP contribution in [-0.2, 0) is 11.3 Å². The average Bonchev–Trinajstić information content (AvgIpc) is 3.10. The molecule has 0 aliphatic rings. The molecule has 0 radical (unpaired) electrons. The number of methoxy groups -OCH3 is 3. The van der Waals surface area contributed by atoms with Crippen molar-refractivity contribution in [1.29, 1.82) is 0 Å². The first-order valence-electron chi connectivity index (χ1n) is 6.96. The van der Waals surface area contributed by atoms with E-state index >= 15 is 0 Å². The van der Waals surface area contributed by atoms with Gasteiger partial charge in [-0.3, -0.25) is 4.79 Å². The van der Waals surface area contributed by atoms with E-state index in [4.69, 9.17) is 18.6 Å². The predicted octanol–water partition coefficient (Wildman–Crippen LogP) is 2.64. The van der Waals surface area contributed by atoms with Gasteiger partial charge in [0.2, 0.25) is 5.91 Å². The molecule has 6 heteroatoms. The molecular formula is C17H19NO5. The van der Waals surface area contributed by atoms with Crippen LogP contribution >= 0.6 is 0 Å². The fourth-order valence-electron chi connectivity index (χ4n) is 2.03. The third-order valence-corrected chi connectivity index (χ3v) is 3.20. The summed E-state index contributed by atoms with van der Waals surface area (Å²) in [5.41, 5.74) is 0.732. The molecule has 0 saturated heterocycles. The van der Waals surface area contributed by atoms with Crippen LogP contribution in [0, 0.1) is 0 Å². The highest BCUT2D eigenvalue weighted by Gasteiger charge is 2.13. The zero-order valence-electron chi connectivity index (χ0n) is 13.3. The van der Waals surface area contributed by atoms with Crippen molar-refractivity contribution in [2.24, 2.45) is 0 Å². The van der Waals surface area contributed by atoms with Gasteiger partial charge in [0.15, 0.2) is 0 Å². The maximum absolute atomic E-state index is 11.9. The Balaban J connectivity index is 2.08. The summed E-state index contributed by atoms with van der Waals surface area (Å²) >= 11 is 0. The molecule has 0 aliphatic carbocycles. The second-order valence-electron chi connectivity index (χ2n) is 4.58. The number of amides is 1. The minimum atomic E-state index is -0.249. The first-order chi connectivity index (χ1) is 11.2. The fraction of sp³-hybridized carbons (Fsp3) is 0.235. The second-order valence-corrected chi connectivity index (χ2v) is 4.58. The van der Waals surface area contributed by atoms with Crippen molar-refractivity contribution in [3.05, 3.63) is 47.9 Å². The summed E-state index contributed by atoms with van der Waals surface area (Å²) in [5, 5.41) is 2.78. The fourth-order valence-corrected chi connectivity index (χ4v) is 2.03. The van der Waals surface area contributed by atoms with Crippen molar-refractivity contribution in [3.63, 3.8) is 0 Å². The van der Waals surface area contributed by atoms with E-state index in [0.29, 0.717) is 23.0 Å². The van der Waals surface area contributed by atoms with E-state index in [2.05, 4.69) is 5.32 Å². The predicted molar refractivity (Wildman–Crippen MR) is 85.7 cm³/mol. The van der Waals surface area contributed by atoms with E-state index < -0.39 is 0 Å². The highest BCUT2D eigenvalue weighted by Crippen LogP contribution is 2.33. The summed E-state index contributed by atoms with van der Waals surface area (Å²) in [6.45, 7) is 0.262. The number of carbonyl (C=O) groups is 1. The first-order valence-corrected chi connectivity index (χ1v) is 6.96. The number of rotatable bonds is 7. The average molecular weight is 317 g/mol. The molecule has 1 heterocycles. The van der Waals surface area contributed by atoms with Gasteiger partial charge in [-0.1, -0.05) is 0 Å². The topological polar surface area (TPSA) is 69.9 Å². The zero-order valence-corrected chi connectivity index (χ0v) is 13.3. The molecule has 6 nitrogen and oxygen atoms in total. The number of hydrogen-bond acceptors (Lipinski definition) is 5. The lowest BCUT2D eigenvalue weighted by molar-refractivity contribution is -0.116. The quantitative estimate of drug-likeness (QED) is 0.795. The molecule has 0 unspecified atom stereocenters. The molecule has 1 amide bonds. The third-order valence-electron chi connectivity index (χ3n) is 3.20. The Labute approximate surface area is 134 Å². The van der Waals surface area contributed by atoms with Crippen LogP contribution in [-0.4, -0.2) is 27.2 Å². The van der Waals surface area contributed by atoms with Gasteiger partial charge in [0, 0.05) is 18.2 Å². The Hall–Kier alpha value is -2.89. The van der Waals surface area contributed by atoms with Crippen LogP contribution in [0.4, 0.5) is 0 Å². The molecule has 2 rings (SSSR count). The van der Waals surface area contributed by atoms with E-state index in [-0.39, 0.29) is 12.5 Å². The van der Waals surface area contributed by atoms with Gasteiger partial charge in [0.05, 0.1) is 39.7 Å². The molecule has 0 aliphatic heterocycles. The lowest BCUT2D eigenvalue weighted by Crippen LogP contribution is -2.21. The SMILES string of the molecule is COc1cc(OC)c(CNC(=O)/C=C/c2ccco2)c(OC)c1. The molecule has 23 heavy (non-hydrogen) atoms. The monoisotopic (exact) mass is 317 g/mol.